The van der Waals surface area contributed by atoms with E-state index >= 15 is 0 Å². The van der Waals surface area contributed by atoms with Gasteiger partial charge in [-0.1, -0.05) is 25.1 Å². The molecule has 0 heterocycles. The molecular formula is C10H12NS. The Morgan fingerprint density at radius 3 is 3.00 bits per heavy atom. The van der Waals surface area contributed by atoms with Crippen molar-refractivity contribution < 1.29 is 0 Å². The van der Waals surface area contributed by atoms with E-state index in [9.17, 15) is 0 Å². The van der Waals surface area contributed by atoms with Crippen LogP contribution >= 0.6 is 11.8 Å². The largest absolute Gasteiger partial charge is 0.281 e. The summed E-state index contributed by atoms with van der Waals surface area (Å²) in [7, 11) is 1.82. The van der Waals surface area contributed by atoms with Crippen LogP contribution in [0.2, 0.25) is 0 Å². The van der Waals surface area contributed by atoms with Gasteiger partial charge in [0.05, 0.1) is 5.04 Å². The topological polar surface area (TPSA) is 12.4 Å². The van der Waals surface area contributed by atoms with E-state index in [0.29, 0.717) is 0 Å². The SMILES string of the molecule is CCS/C(=N/C)c1c[c]ccc1. The van der Waals surface area contributed by atoms with Crippen molar-refractivity contribution in [1.29, 1.82) is 0 Å². The van der Waals surface area contributed by atoms with Crippen molar-refractivity contribution in [2.24, 2.45) is 4.99 Å². The van der Waals surface area contributed by atoms with Crippen LogP contribution in [0, 0.1) is 6.07 Å². The molecule has 0 fully saturated rings. The van der Waals surface area contributed by atoms with Crippen molar-refractivity contribution >= 4 is 16.8 Å². The molecule has 63 valence electrons. The summed E-state index contributed by atoms with van der Waals surface area (Å²) in [4.78, 5) is 4.21. The summed E-state index contributed by atoms with van der Waals surface area (Å²) in [6.45, 7) is 2.13. The van der Waals surface area contributed by atoms with E-state index in [1.165, 1.54) is 0 Å². The molecule has 0 amide bonds. The maximum atomic E-state index is 4.21. The summed E-state index contributed by atoms with van der Waals surface area (Å²) in [6.07, 6.45) is 0. The Kier molecular flexibility index (Phi) is 3.88. The summed E-state index contributed by atoms with van der Waals surface area (Å²) < 4.78 is 0. The van der Waals surface area contributed by atoms with E-state index in [-0.39, 0.29) is 0 Å². The molecule has 0 aromatic heterocycles. The Morgan fingerprint density at radius 1 is 1.67 bits per heavy atom. The number of hydrogen-bond acceptors (Lipinski definition) is 2. The second-order valence-corrected chi connectivity index (χ2v) is 3.51. The molecule has 0 saturated heterocycles. The zero-order valence-electron chi connectivity index (χ0n) is 7.37. The minimum absolute atomic E-state index is 1.06. The summed E-state index contributed by atoms with van der Waals surface area (Å²) in [5, 5.41) is 1.09. The van der Waals surface area contributed by atoms with Crippen molar-refractivity contribution in [3.8, 4) is 0 Å². The molecule has 0 N–H and O–H groups in total. The van der Waals surface area contributed by atoms with Gasteiger partial charge in [0.15, 0.2) is 0 Å². The van der Waals surface area contributed by atoms with Crippen LogP contribution < -0.4 is 0 Å². The molecule has 1 aromatic carbocycles. The summed E-state index contributed by atoms with van der Waals surface area (Å²) >= 11 is 1.76. The molecule has 0 unspecified atom stereocenters. The normalized spacial score (nSPS) is 11.7. The van der Waals surface area contributed by atoms with Gasteiger partial charge in [-0.15, -0.1) is 11.8 Å². The lowest BCUT2D eigenvalue weighted by atomic mass is 10.2. The first-order valence-electron chi connectivity index (χ1n) is 3.94. The Labute approximate surface area is 77.9 Å². The van der Waals surface area contributed by atoms with Crippen molar-refractivity contribution in [2.75, 3.05) is 12.8 Å². The molecule has 1 aromatic rings. The zero-order valence-corrected chi connectivity index (χ0v) is 8.19. The zero-order chi connectivity index (χ0) is 8.81. The quantitative estimate of drug-likeness (QED) is 0.501. The minimum atomic E-state index is 1.06. The van der Waals surface area contributed by atoms with Gasteiger partial charge in [0.25, 0.3) is 0 Å². The maximum absolute atomic E-state index is 4.21. The summed E-state index contributed by atoms with van der Waals surface area (Å²) in [6, 6.07) is 10.9. The fourth-order valence-corrected chi connectivity index (χ4v) is 1.64. The van der Waals surface area contributed by atoms with Crippen LogP contribution in [-0.2, 0) is 0 Å². The first-order valence-corrected chi connectivity index (χ1v) is 4.93. The first-order chi connectivity index (χ1) is 5.88. The molecule has 0 atom stereocenters. The smallest absolute Gasteiger partial charge is 0.0973 e. The van der Waals surface area contributed by atoms with Crippen molar-refractivity contribution in [3.05, 3.63) is 35.9 Å². The standard InChI is InChI=1S/C10H12NS/c1-3-12-10(11-2)9-7-5-4-6-8-9/h4-5,7-8H,3H2,1-2H3/b11-10+. The van der Waals surface area contributed by atoms with E-state index in [0.717, 1.165) is 16.4 Å². The van der Waals surface area contributed by atoms with E-state index in [1.54, 1.807) is 11.8 Å². The van der Waals surface area contributed by atoms with Crippen LogP contribution in [0.5, 0.6) is 0 Å². The van der Waals surface area contributed by atoms with Gasteiger partial charge in [-0.2, -0.15) is 0 Å². The average molecular weight is 178 g/mol. The number of rotatable bonds is 2. The summed E-state index contributed by atoms with van der Waals surface area (Å²) in [5.41, 5.74) is 1.16. The highest BCUT2D eigenvalue weighted by atomic mass is 32.2. The van der Waals surface area contributed by atoms with Crippen molar-refractivity contribution in [2.45, 2.75) is 6.92 Å². The fraction of sp³-hybridized carbons (Fsp3) is 0.300. The number of thioether (sulfide) groups is 1. The summed E-state index contributed by atoms with van der Waals surface area (Å²) in [5.74, 6) is 1.06. The Hall–Kier alpha value is -0.760. The number of nitrogens with zero attached hydrogens (tertiary/aromatic N) is 1. The molecule has 2 heteroatoms. The van der Waals surface area contributed by atoms with Gasteiger partial charge in [-0.3, -0.25) is 4.99 Å². The predicted octanol–water partition coefficient (Wildman–Crippen LogP) is 2.62. The molecular weight excluding hydrogens is 166 g/mol. The molecule has 0 aliphatic heterocycles. The maximum Gasteiger partial charge on any atom is 0.0973 e. The molecule has 12 heavy (non-hydrogen) atoms. The van der Waals surface area contributed by atoms with Crippen molar-refractivity contribution in [3.63, 3.8) is 0 Å². The van der Waals surface area contributed by atoms with Crippen LogP contribution in [0.1, 0.15) is 12.5 Å². The van der Waals surface area contributed by atoms with Gasteiger partial charge in [-0.25, -0.2) is 0 Å². The molecule has 1 radical (unpaired) electrons. The Bertz CT molecular complexity index is 254. The van der Waals surface area contributed by atoms with Gasteiger partial charge >= 0.3 is 0 Å². The van der Waals surface area contributed by atoms with Crippen LogP contribution in [0.25, 0.3) is 0 Å². The lowest BCUT2D eigenvalue weighted by molar-refractivity contribution is 1.45. The van der Waals surface area contributed by atoms with E-state index in [2.05, 4.69) is 24.0 Å². The van der Waals surface area contributed by atoms with Crippen LogP contribution in [0.4, 0.5) is 0 Å². The van der Waals surface area contributed by atoms with Gasteiger partial charge in [0.2, 0.25) is 0 Å². The average Bonchev–Trinajstić information content (AvgIpc) is 2.15. The van der Waals surface area contributed by atoms with Crippen molar-refractivity contribution in [1.82, 2.24) is 0 Å². The Balaban J connectivity index is 2.82. The molecule has 1 rings (SSSR count). The minimum Gasteiger partial charge on any atom is -0.281 e. The lowest BCUT2D eigenvalue weighted by Gasteiger charge is -2.01. The van der Waals surface area contributed by atoms with Gasteiger partial charge in [0.1, 0.15) is 0 Å². The van der Waals surface area contributed by atoms with E-state index < -0.39 is 0 Å². The highest BCUT2D eigenvalue weighted by Crippen LogP contribution is 2.12. The van der Waals surface area contributed by atoms with Gasteiger partial charge in [0, 0.05) is 12.6 Å². The molecule has 0 spiro atoms. The van der Waals surface area contributed by atoms with Crippen LogP contribution in [0.3, 0.4) is 0 Å². The second-order valence-electron chi connectivity index (χ2n) is 2.25. The monoisotopic (exact) mass is 178 g/mol. The number of hydrogen-bond donors (Lipinski definition) is 0. The van der Waals surface area contributed by atoms with Gasteiger partial charge < -0.3 is 0 Å². The van der Waals surface area contributed by atoms with E-state index in [4.69, 9.17) is 0 Å². The van der Waals surface area contributed by atoms with Crippen LogP contribution in [0.15, 0.2) is 29.3 Å². The number of benzene rings is 1. The molecule has 0 aliphatic rings. The third-order valence-electron chi connectivity index (χ3n) is 1.44. The third-order valence-corrected chi connectivity index (χ3v) is 2.42. The molecule has 0 bridgehead atoms. The molecule has 0 aliphatic carbocycles. The molecule has 1 nitrogen and oxygen atoms in total. The fourth-order valence-electron chi connectivity index (χ4n) is 0.940. The third kappa shape index (κ3) is 2.38. The first kappa shape index (κ1) is 9.33. The van der Waals surface area contributed by atoms with Crippen LogP contribution in [-0.4, -0.2) is 17.8 Å². The van der Waals surface area contributed by atoms with E-state index in [1.807, 2.05) is 25.2 Å². The lowest BCUT2D eigenvalue weighted by Crippen LogP contribution is -1.94. The highest BCUT2D eigenvalue weighted by molar-refractivity contribution is 8.14. The number of aliphatic imine (C=N–C) groups is 1. The van der Waals surface area contributed by atoms with Gasteiger partial charge in [-0.05, 0) is 17.9 Å². The highest BCUT2D eigenvalue weighted by Gasteiger charge is 1.99. The second kappa shape index (κ2) is 4.99. The molecule has 0 saturated carbocycles. The Morgan fingerprint density at radius 2 is 2.50 bits per heavy atom. The predicted molar refractivity (Wildman–Crippen MR) is 55.9 cm³/mol.